The Morgan fingerprint density at radius 1 is 0.765 bits per heavy atom. The highest BCUT2D eigenvalue weighted by Gasteiger charge is 2.32. The first-order chi connectivity index (χ1) is 16.7. The minimum atomic E-state index is -0.757. The van der Waals surface area contributed by atoms with Crippen LogP contribution >= 0.6 is 0 Å². The number of rotatable bonds is 7. The van der Waals surface area contributed by atoms with E-state index in [1.807, 2.05) is 84.9 Å². The first kappa shape index (κ1) is 21.9. The molecule has 1 aliphatic rings. The van der Waals surface area contributed by atoms with Crippen LogP contribution in [0.1, 0.15) is 28.4 Å². The summed E-state index contributed by atoms with van der Waals surface area (Å²) in [5.41, 5.74) is 3.70. The normalized spacial score (nSPS) is 16.9. The molecule has 5 rings (SSSR count). The number of phenolic OH excluding ortho intramolecular Hbond substituents is 1. The molecule has 1 aliphatic heterocycles. The number of fused-ring (bicyclic) bond motifs is 1. The van der Waals surface area contributed by atoms with Gasteiger partial charge in [-0.25, -0.2) is 0 Å². The Kier molecular flexibility index (Phi) is 6.36. The Balaban J connectivity index is 1.29. The molecule has 0 radical (unpaired) electrons. The Morgan fingerprint density at radius 2 is 1.38 bits per heavy atom. The van der Waals surface area contributed by atoms with E-state index in [-0.39, 0.29) is 5.75 Å². The summed E-state index contributed by atoms with van der Waals surface area (Å²) < 4.78 is 18.0. The van der Waals surface area contributed by atoms with Gasteiger partial charge in [-0.3, -0.25) is 0 Å². The lowest BCUT2D eigenvalue weighted by atomic mass is 9.94. The number of aliphatic hydroxyl groups excluding tert-OH is 1. The predicted molar refractivity (Wildman–Crippen MR) is 129 cm³/mol. The van der Waals surface area contributed by atoms with Crippen molar-refractivity contribution in [1.29, 1.82) is 0 Å². The molecular formula is C29H26O5. The van der Waals surface area contributed by atoms with Crippen molar-refractivity contribution >= 4 is 0 Å². The van der Waals surface area contributed by atoms with Gasteiger partial charge in [0.2, 0.25) is 0 Å². The molecule has 0 saturated carbocycles. The van der Waals surface area contributed by atoms with E-state index in [1.54, 1.807) is 12.1 Å². The fourth-order valence-corrected chi connectivity index (χ4v) is 4.09. The summed E-state index contributed by atoms with van der Waals surface area (Å²) in [6, 6.07) is 30.5. The van der Waals surface area contributed by atoms with Crippen LogP contribution in [0.2, 0.25) is 0 Å². The maximum Gasteiger partial charge on any atom is 0.150 e. The minimum Gasteiger partial charge on any atom is -0.508 e. The van der Waals surface area contributed by atoms with Crippen molar-refractivity contribution in [1.82, 2.24) is 0 Å². The van der Waals surface area contributed by atoms with Crippen LogP contribution < -0.4 is 14.2 Å². The SMILES string of the molecule is Oc1cc(OCc2ccccc2)c2c(c1)O[C@H](c1ccc(OCc3ccccc3)cc1)[C@H](O)C2. The van der Waals surface area contributed by atoms with Gasteiger partial charge >= 0.3 is 0 Å². The Labute approximate surface area is 198 Å². The highest BCUT2D eigenvalue weighted by atomic mass is 16.5. The molecular weight excluding hydrogens is 428 g/mol. The molecule has 0 bridgehead atoms. The first-order valence-corrected chi connectivity index (χ1v) is 11.3. The van der Waals surface area contributed by atoms with Crippen molar-refractivity contribution < 1.29 is 24.4 Å². The molecule has 0 aliphatic carbocycles. The number of phenols is 1. The molecule has 0 fully saturated rings. The Hall–Kier alpha value is -3.96. The van der Waals surface area contributed by atoms with Crippen molar-refractivity contribution in [3.8, 4) is 23.0 Å². The number of ether oxygens (including phenoxy) is 3. The van der Waals surface area contributed by atoms with Gasteiger partial charge in [0.05, 0.1) is 6.10 Å². The zero-order chi connectivity index (χ0) is 23.3. The van der Waals surface area contributed by atoms with Gasteiger partial charge in [0.1, 0.15) is 42.3 Å². The van der Waals surface area contributed by atoms with Gasteiger partial charge in [-0.1, -0.05) is 72.8 Å². The van der Waals surface area contributed by atoms with Crippen LogP contribution in [0, 0.1) is 0 Å². The average Bonchev–Trinajstić information content (AvgIpc) is 2.87. The molecule has 0 unspecified atom stereocenters. The maximum atomic E-state index is 10.9. The summed E-state index contributed by atoms with van der Waals surface area (Å²) in [6.07, 6.45) is -0.955. The zero-order valence-electron chi connectivity index (χ0n) is 18.6. The van der Waals surface area contributed by atoms with Gasteiger partial charge in [-0.05, 0) is 28.8 Å². The van der Waals surface area contributed by atoms with Gasteiger partial charge < -0.3 is 24.4 Å². The Bertz CT molecular complexity index is 1220. The fraction of sp³-hybridized carbons (Fsp3) is 0.172. The van der Waals surface area contributed by atoms with E-state index >= 15 is 0 Å². The van der Waals surface area contributed by atoms with Crippen LogP contribution in [0.5, 0.6) is 23.0 Å². The largest absolute Gasteiger partial charge is 0.508 e. The van der Waals surface area contributed by atoms with E-state index in [1.165, 1.54) is 0 Å². The lowest BCUT2D eigenvalue weighted by Crippen LogP contribution is -2.30. The van der Waals surface area contributed by atoms with Crippen molar-refractivity contribution in [2.75, 3.05) is 0 Å². The van der Waals surface area contributed by atoms with Crippen LogP contribution in [0.25, 0.3) is 0 Å². The summed E-state index contributed by atoms with van der Waals surface area (Å²) in [4.78, 5) is 0. The van der Waals surface area contributed by atoms with Gasteiger partial charge in [-0.2, -0.15) is 0 Å². The third-order valence-corrected chi connectivity index (χ3v) is 5.86. The topological polar surface area (TPSA) is 68.2 Å². The molecule has 2 N–H and O–H groups in total. The summed E-state index contributed by atoms with van der Waals surface area (Å²) in [6.45, 7) is 0.849. The van der Waals surface area contributed by atoms with Crippen LogP contribution in [-0.4, -0.2) is 16.3 Å². The van der Waals surface area contributed by atoms with Gasteiger partial charge in [0.15, 0.2) is 0 Å². The average molecular weight is 455 g/mol. The standard InChI is InChI=1S/C29H26O5/c30-23-15-27(33-19-21-9-5-2-6-10-21)25-17-26(31)29(34-28(25)16-23)22-11-13-24(14-12-22)32-18-20-7-3-1-4-8-20/h1-16,26,29-31H,17-19H2/t26-,29-/m1/s1. The van der Waals surface area contributed by atoms with E-state index in [0.717, 1.165) is 28.0 Å². The number of aliphatic hydroxyl groups is 1. The summed E-state index contributed by atoms with van der Waals surface area (Å²) >= 11 is 0. The number of hydrogen-bond donors (Lipinski definition) is 2. The maximum absolute atomic E-state index is 10.9. The molecule has 5 nitrogen and oxygen atoms in total. The number of aromatic hydroxyl groups is 1. The molecule has 0 aromatic heterocycles. The third-order valence-electron chi connectivity index (χ3n) is 5.86. The molecule has 2 atom stereocenters. The van der Waals surface area contributed by atoms with E-state index < -0.39 is 12.2 Å². The summed E-state index contributed by atoms with van der Waals surface area (Å²) in [7, 11) is 0. The number of hydrogen-bond acceptors (Lipinski definition) is 5. The highest BCUT2D eigenvalue weighted by molar-refractivity contribution is 5.52. The molecule has 34 heavy (non-hydrogen) atoms. The summed E-state index contributed by atoms with van der Waals surface area (Å²) in [5, 5.41) is 21.1. The fourth-order valence-electron chi connectivity index (χ4n) is 4.09. The van der Waals surface area contributed by atoms with Crippen LogP contribution in [0.4, 0.5) is 0 Å². The van der Waals surface area contributed by atoms with Crippen molar-refractivity contribution in [3.63, 3.8) is 0 Å². The molecule has 172 valence electrons. The second-order valence-electron chi connectivity index (χ2n) is 8.35. The molecule has 0 saturated heterocycles. The number of benzene rings is 4. The van der Waals surface area contributed by atoms with Gasteiger partial charge in [0, 0.05) is 24.1 Å². The second-order valence-corrected chi connectivity index (χ2v) is 8.35. The van der Waals surface area contributed by atoms with Crippen molar-refractivity contribution in [2.24, 2.45) is 0 Å². The lowest BCUT2D eigenvalue weighted by molar-refractivity contribution is 0.0194. The van der Waals surface area contributed by atoms with Crippen molar-refractivity contribution in [2.45, 2.75) is 31.8 Å². The quantitative estimate of drug-likeness (QED) is 0.381. The molecule has 5 heteroatoms. The van der Waals surface area contributed by atoms with Crippen molar-refractivity contribution in [3.05, 3.63) is 119 Å². The first-order valence-electron chi connectivity index (χ1n) is 11.3. The van der Waals surface area contributed by atoms with E-state index in [4.69, 9.17) is 14.2 Å². The third kappa shape index (κ3) is 5.00. The van der Waals surface area contributed by atoms with Gasteiger partial charge in [0.25, 0.3) is 0 Å². The van der Waals surface area contributed by atoms with E-state index in [2.05, 4.69) is 0 Å². The van der Waals surface area contributed by atoms with Crippen LogP contribution in [-0.2, 0) is 19.6 Å². The smallest absolute Gasteiger partial charge is 0.150 e. The molecule has 0 spiro atoms. The highest BCUT2D eigenvalue weighted by Crippen LogP contribution is 2.42. The predicted octanol–water partition coefficient (Wildman–Crippen LogP) is 5.59. The molecule has 1 heterocycles. The lowest BCUT2D eigenvalue weighted by Gasteiger charge is -2.32. The minimum absolute atomic E-state index is 0.0570. The van der Waals surface area contributed by atoms with E-state index in [0.29, 0.717) is 31.1 Å². The van der Waals surface area contributed by atoms with Crippen LogP contribution in [0.15, 0.2) is 97.1 Å². The molecule has 4 aromatic carbocycles. The molecule has 4 aromatic rings. The van der Waals surface area contributed by atoms with Gasteiger partial charge in [-0.15, -0.1) is 0 Å². The second kappa shape index (κ2) is 9.89. The zero-order valence-corrected chi connectivity index (χ0v) is 18.6. The van der Waals surface area contributed by atoms with Crippen LogP contribution in [0.3, 0.4) is 0 Å². The van der Waals surface area contributed by atoms with E-state index in [9.17, 15) is 10.2 Å². The monoisotopic (exact) mass is 454 g/mol. The summed E-state index contributed by atoms with van der Waals surface area (Å²) in [5.74, 6) is 1.83. The molecule has 0 amide bonds. The Morgan fingerprint density at radius 3 is 2.03 bits per heavy atom.